The minimum Gasteiger partial charge on any atom is -0.464 e. The second-order valence-electron chi connectivity index (χ2n) is 13.0. The Bertz CT molecular complexity index is 1280. The van der Waals surface area contributed by atoms with Gasteiger partial charge in [0.25, 0.3) is 0 Å². The molecule has 0 spiro atoms. The Labute approximate surface area is 323 Å². The Morgan fingerprint density at radius 1 is 0.636 bits per heavy atom. The van der Waals surface area contributed by atoms with Crippen LogP contribution >= 0.6 is 0 Å². The van der Waals surface area contributed by atoms with E-state index in [0.717, 1.165) is 70.4 Å². The van der Waals surface area contributed by atoms with E-state index >= 15 is 0 Å². The molecule has 310 valence electrons. The molecule has 18 nitrogen and oxygen atoms in total. The van der Waals surface area contributed by atoms with Crippen LogP contribution in [-0.2, 0) is 47.8 Å². The van der Waals surface area contributed by atoms with Crippen LogP contribution in [0.4, 0.5) is 0 Å². The first-order valence-corrected chi connectivity index (χ1v) is 19.4. The molecule has 3 amide bonds. The summed E-state index contributed by atoms with van der Waals surface area (Å²) in [6.45, 7) is 3.53. The van der Waals surface area contributed by atoms with E-state index in [2.05, 4.69) is 39.4 Å². The van der Waals surface area contributed by atoms with E-state index in [-0.39, 0.29) is 65.0 Å². The van der Waals surface area contributed by atoms with Crippen LogP contribution in [0, 0.1) is 5.53 Å². The molecule has 55 heavy (non-hydrogen) atoms. The molecular formula is C37H62N7O11+. The van der Waals surface area contributed by atoms with Gasteiger partial charge in [0.15, 0.2) is 0 Å². The van der Waals surface area contributed by atoms with Gasteiger partial charge in [-0.3, -0.25) is 24.0 Å². The number of esters is 2. The van der Waals surface area contributed by atoms with Crippen LogP contribution in [0.1, 0.15) is 129 Å². The van der Waals surface area contributed by atoms with E-state index in [1.54, 1.807) is 0 Å². The van der Waals surface area contributed by atoms with E-state index < -0.39 is 66.0 Å². The predicted octanol–water partition coefficient (Wildman–Crippen LogP) is 2.35. The topological polar surface area (TPSA) is 278 Å². The maximum Gasteiger partial charge on any atom is 0.372 e. The molecule has 0 aliphatic rings. The quantitative estimate of drug-likeness (QED) is 0.0205. The van der Waals surface area contributed by atoms with Crippen LogP contribution in [0.25, 0.3) is 5.53 Å². The first kappa shape index (κ1) is 50.4. The van der Waals surface area contributed by atoms with Gasteiger partial charge in [-0.15, -0.1) is 0 Å². The lowest BCUT2D eigenvalue weighted by Gasteiger charge is -2.23. The van der Waals surface area contributed by atoms with Gasteiger partial charge >= 0.3 is 24.4 Å². The molecule has 0 aliphatic heterocycles. The Kier molecular flexibility index (Phi) is 31.0. The molecular weight excluding hydrogens is 718 g/mol. The van der Waals surface area contributed by atoms with Crippen molar-refractivity contribution in [3.05, 3.63) is 5.53 Å². The average Bonchev–Trinajstić information content (AvgIpc) is 3.15. The number of carbonyl (C=O) groups excluding carboxylic acids is 7. The van der Waals surface area contributed by atoms with Gasteiger partial charge in [-0.05, 0) is 32.1 Å². The van der Waals surface area contributed by atoms with Gasteiger partial charge in [-0.1, -0.05) is 78.1 Å². The standard InChI is InChI=1S/C37H61N7O11/c1-3-5-7-9-11-13-22-54-36(51)31(43-34(49)27-53-24-21-45)19-20-33(48)42-30(17-15-28(46)25-40-38)35(50)44-32(18-16-29(47)26-41-39)37(52)55-23-14-12-10-8-6-4-2/h25-26,30-32,39,45H,3-24,27H2,1-2H3,(H2-,42,43,44,48,49,50)/p+1/t30-,31-,32-/m0/s1. The molecule has 0 saturated carbocycles. The minimum atomic E-state index is -1.40. The summed E-state index contributed by atoms with van der Waals surface area (Å²) in [5.41, 5.74) is 15.6. The maximum atomic E-state index is 13.5. The average molecular weight is 781 g/mol. The van der Waals surface area contributed by atoms with Gasteiger partial charge < -0.3 is 40.8 Å². The Morgan fingerprint density at radius 2 is 1.11 bits per heavy atom. The lowest BCUT2D eigenvalue weighted by atomic mass is 10.0. The van der Waals surface area contributed by atoms with Gasteiger partial charge in [0, 0.05) is 19.3 Å². The molecule has 0 unspecified atom stereocenters. The van der Waals surface area contributed by atoms with Crippen LogP contribution < -0.4 is 16.0 Å². The van der Waals surface area contributed by atoms with Crippen molar-refractivity contribution in [2.75, 3.05) is 33.0 Å². The summed E-state index contributed by atoms with van der Waals surface area (Å²) < 4.78 is 15.8. The second-order valence-corrected chi connectivity index (χ2v) is 13.0. The van der Waals surface area contributed by atoms with Crippen LogP contribution in [0.2, 0.25) is 0 Å². The Hall–Kier alpha value is -4.63. The molecule has 18 heteroatoms. The van der Waals surface area contributed by atoms with E-state index in [9.17, 15) is 33.6 Å². The van der Waals surface area contributed by atoms with E-state index in [0.29, 0.717) is 19.1 Å². The highest BCUT2D eigenvalue weighted by Gasteiger charge is 2.30. The lowest BCUT2D eigenvalue weighted by Crippen LogP contribution is -2.52. The number of aliphatic hydroxyl groups is 1. The number of carbonyl (C=O) groups is 7. The molecule has 0 aliphatic carbocycles. The third-order valence-corrected chi connectivity index (χ3v) is 8.25. The molecule has 0 aromatic carbocycles. The minimum absolute atomic E-state index is 0.0846. The normalized spacial score (nSPS) is 12.1. The number of Topliss-reactive ketones (excluding diaryl/α,β-unsaturated/α-hetero) is 2. The zero-order valence-corrected chi connectivity index (χ0v) is 32.5. The molecule has 0 aromatic rings. The SMILES string of the molecule is CCCCCCCCOC(=O)[C@H](CCC(=O)N[C@@H](CCC(=O)C=[N+]=[N-])C(=O)N[C@@H](CCC(=O)C=[N+]=N)C(=O)OCCCCCCCC)NC(=O)COCCO. The number of ether oxygens (including phenoxy) is 3. The molecule has 0 aromatic heterocycles. The van der Waals surface area contributed by atoms with Gasteiger partial charge in [-0.2, -0.15) is 4.79 Å². The molecule has 0 saturated heterocycles. The largest absolute Gasteiger partial charge is 0.464 e. The van der Waals surface area contributed by atoms with Crippen LogP contribution in [0.5, 0.6) is 0 Å². The number of hydrogen-bond donors (Lipinski definition) is 5. The third-order valence-electron chi connectivity index (χ3n) is 8.25. The summed E-state index contributed by atoms with van der Waals surface area (Å²) in [5.74, 6) is -5.12. The fourth-order valence-electron chi connectivity index (χ4n) is 5.20. The van der Waals surface area contributed by atoms with Crippen molar-refractivity contribution in [1.82, 2.24) is 16.0 Å². The Balaban J connectivity index is 5.78. The summed E-state index contributed by atoms with van der Waals surface area (Å²) in [6.07, 6.45) is 11.1. The zero-order chi connectivity index (χ0) is 41.1. The van der Waals surface area contributed by atoms with E-state index in [4.69, 9.17) is 30.4 Å². The highest BCUT2D eigenvalue weighted by atomic mass is 16.5. The van der Waals surface area contributed by atoms with E-state index in [1.165, 1.54) is 0 Å². The molecule has 0 radical (unpaired) electrons. The fourth-order valence-corrected chi connectivity index (χ4v) is 5.20. The van der Waals surface area contributed by atoms with Crippen molar-refractivity contribution >= 4 is 53.7 Å². The number of rotatable bonds is 35. The van der Waals surface area contributed by atoms with Gasteiger partial charge in [0.1, 0.15) is 24.7 Å². The van der Waals surface area contributed by atoms with Crippen molar-refractivity contribution in [1.29, 1.82) is 5.53 Å². The van der Waals surface area contributed by atoms with Crippen molar-refractivity contribution in [3.63, 3.8) is 0 Å². The molecule has 5 N–H and O–H groups in total. The highest BCUT2D eigenvalue weighted by Crippen LogP contribution is 2.10. The number of nitrogens with zero attached hydrogens (tertiary/aromatic N) is 3. The first-order chi connectivity index (χ1) is 26.5. The zero-order valence-electron chi connectivity index (χ0n) is 32.5. The van der Waals surface area contributed by atoms with Crippen LogP contribution in [0.15, 0.2) is 0 Å². The summed E-state index contributed by atoms with van der Waals surface area (Å²) in [7, 11) is 0. The van der Waals surface area contributed by atoms with E-state index in [1.807, 2.05) is 0 Å². The van der Waals surface area contributed by atoms with Crippen LogP contribution in [-0.4, -0.2) is 120 Å². The number of ketones is 2. The molecule has 0 fully saturated rings. The monoisotopic (exact) mass is 780 g/mol. The number of aliphatic hydroxyl groups excluding tert-OH is 1. The van der Waals surface area contributed by atoms with Crippen molar-refractivity contribution in [3.8, 4) is 0 Å². The lowest BCUT2D eigenvalue weighted by molar-refractivity contribution is -0.149. The van der Waals surface area contributed by atoms with Crippen molar-refractivity contribution < 1.29 is 62.5 Å². The summed E-state index contributed by atoms with van der Waals surface area (Å²) in [4.78, 5) is 94.9. The molecule has 3 atom stereocenters. The van der Waals surface area contributed by atoms with Crippen molar-refractivity contribution in [2.24, 2.45) is 0 Å². The number of unbranched alkanes of at least 4 members (excludes halogenated alkanes) is 10. The third kappa shape index (κ3) is 27.6. The van der Waals surface area contributed by atoms with Gasteiger partial charge in [0.2, 0.25) is 29.3 Å². The molecule has 0 rings (SSSR count). The smallest absolute Gasteiger partial charge is 0.372 e. The highest BCUT2D eigenvalue weighted by molar-refractivity contribution is 6.25. The number of amides is 3. The van der Waals surface area contributed by atoms with Crippen LogP contribution in [0.3, 0.4) is 0 Å². The summed E-state index contributed by atoms with van der Waals surface area (Å²) >= 11 is 0. The number of hydrogen-bond acceptors (Lipinski definition) is 12. The molecule has 0 heterocycles. The van der Waals surface area contributed by atoms with Crippen molar-refractivity contribution in [2.45, 2.75) is 148 Å². The van der Waals surface area contributed by atoms with Gasteiger partial charge in [0.05, 0.1) is 36.7 Å². The number of nitrogens with one attached hydrogen (secondary N) is 4. The molecule has 0 bridgehead atoms. The second kappa shape index (κ2) is 33.9. The summed E-state index contributed by atoms with van der Waals surface area (Å²) in [5, 5.41) is 16.4. The Morgan fingerprint density at radius 3 is 1.64 bits per heavy atom. The predicted molar refractivity (Wildman–Crippen MR) is 199 cm³/mol. The fraction of sp³-hybridized carbons (Fsp3) is 0.757. The summed E-state index contributed by atoms with van der Waals surface area (Å²) in [6, 6.07) is -3.97. The maximum absolute atomic E-state index is 13.5. The van der Waals surface area contributed by atoms with Gasteiger partial charge in [-0.25, -0.2) is 9.59 Å². The first-order valence-electron chi connectivity index (χ1n) is 19.4.